The molecule has 6 nitrogen and oxygen atoms in total. The van der Waals surface area contributed by atoms with Crippen LogP contribution in [0.2, 0.25) is 0 Å². The van der Waals surface area contributed by atoms with Gasteiger partial charge in [-0.15, -0.1) is 0 Å². The van der Waals surface area contributed by atoms with Crippen LogP contribution in [0.4, 0.5) is 5.95 Å². The van der Waals surface area contributed by atoms with E-state index in [0.29, 0.717) is 0 Å². The summed E-state index contributed by atoms with van der Waals surface area (Å²) < 4.78 is 5.44. The Morgan fingerprint density at radius 1 is 0.950 bits per heavy atom. The van der Waals surface area contributed by atoms with Crippen LogP contribution in [-0.4, -0.2) is 54.3 Å². The minimum absolute atomic E-state index is 0.756. The molecule has 0 bridgehead atoms. The normalized spacial score (nSPS) is 22.5. The fourth-order valence-corrected chi connectivity index (χ4v) is 2.96. The van der Waals surface area contributed by atoms with Gasteiger partial charge in [0.05, 0.1) is 6.54 Å². The number of nitrogens with zero attached hydrogens (tertiary/aromatic N) is 4. The van der Waals surface area contributed by atoms with Gasteiger partial charge in [-0.05, 0) is 37.5 Å². The van der Waals surface area contributed by atoms with Gasteiger partial charge in [-0.2, -0.15) is 4.98 Å². The van der Waals surface area contributed by atoms with E-state index in [1.165, 1.54) is 32.1 Å². The summed E-state index contributed by atoms with van der Waals surface area (Å²) in [5.41, 5.74) is 0. The molecule has 6 heteroatoms. The molecule has 0 saturated carbocycles. The zero-order valence-corrected chi connectivity index (χ0v) is 12.2. The molecule has 2 fully saturated rings. The molecule has 1 aromatic rings. The summed E-state index contributed by atoms with van der Waals surface area (Å²) in [6.07, 6.45) is 6.31. The smallest absolute Gasteiger partial charge is 0.266 e. The van der Waals surface area contributed by atoms with Crippen LogP contribution in [0.25, 0.3) is 0 Å². The van der Waals surface area contributed by atoms with Gasteiger partial charge in [-0.1, -0.05) is 12.8 Å². The van der Waals surface area contributed by atoms with Crippen LogP contribution in [0.3, 0.4) is 0 Å². The molecule has 3 rings (SSSR count). The fraction of sp³-hybridized carbons (Fsp3) is 0.857. The Bertz CT molecular complexity index is 392. The maximum atomic E-state index is 5.44. The number of hydrogen-bond donors (Lipinski definition) is 1. The Hall–Kier alpha value is -1.14. The predicted octanol–water partition coefficient (Wildman–Crippen LogP) is 1.25. The molecular weight excluding hydrogens is 254 g/mol. The maximum Gasteiger partial charge on any atom is 0.266 e. The lowest BCUT2D eigenvalue weighted by Gasteiger charge is -2.17. The Morgan fingerprint density at radius 3 is 2.65 bits per heavy atom. The van der Waals surface area contributed by atoms with Crippen molar-refractivity contribution in [1.29, 1.82) is 0 Å². The minimum Gasteiger partial charge on any atom is -0.338 e. The van der Waals surface area contributed by atoms with Crippen LogP contribution in [0.15, 0.2) is 4.52 Å². The first-order chi connectivity index (χ1) is 9.92. The van der Waals surface area contributed by atoms with Gasteiger partial charge in [-0.25, -0.2) is 0 Å². The fourth-order valence-electron chi connectivity index (χ4n) is 2.96. The summed E-state index contributed by atoms with van der Waals surface area (Å²) >= 11 is 0. The molecule has 2 aliphatic rings. The highest BCUT2D eigenvalue weighted by Gasteiger charge is 2.18. The van der Waals surface area contributed by atoms with Crippen molar-refractivity contribution in [3.63, 3.8) is 0 Å². The second-order valence-corrected chi connectivity index (χ2v) is 5.77. The molecule has 0 radical (unpaired) electrons. The standard InChI is InChI=1S/C14H25N5O/c1-2-4-10-19(9-3-1)14-16-13(20-17-14)12-18-8-5-6-15-7-11-18/h15H,1-12H2. The van der Waals surface area contributed by atoms with Gasteiger partial charge < -0.3 is 14.7 Å². The van der Waals surface area contributed by atoms with Crippen LogP contribution in [0.1, 0.15) is 38.0 Å². The van der Waals surface area contributed by atoms with Crippen molar-refractivity contribution in [1.82, 2.24) is 20.4 Å². The Balaban J connectivity index is 1.57. The van der Waals surface area contributed by atoms with Crippen molar-refractivity contribution in [2.75, 3.05) is 44.2 Å². The average molecular weight is 279 g/mol. The Morgan fingerprint density at radius 2 is 1.80 bits per heavy atom. The van der Waals surface area contributed by atoms with E-state index in [-0.39, 0.29) is 0 Å². The molecule has 0 atom stereocenters. The monoisotopic (exact) mass is 279 g/mol. The zero-order valence-electron chi connectivity index (χ0n) is 12.2. The largest absolute Gasteiger partial charge is 0.338 e. The van der Waals surface area contributed by atoms with Crippen molar-refractivity contribution in [2.45, 2.75) is 38.6 Å². The lowest BCUT2D eigenvalue weighted by molar-refractivity contribution is 0.239. The summed E-state index contributed by atoms with van der Waals surface area (Å²) in [5.74, 6) is 1.54. The quantitative estimate of drug-likeness (QED) is 0.898. The highest BCUT2D eigenvalue weighted by atomic mass is 16.5. The van der Waals surface area contributed by atoms with Gasteiger partial charge in [0, 0.05) is 26.2 Å². The van der Waals surface area contributed by atoms with E-state index in [2.05, 4.69) is 25.3 Å². The molecule has 0 amide bonds. The Labute approximate surface area is 120 Å². The topological polar surface area (TPSA) is 57.4 Å². The molecule has 3 heterocycles. The molecule has 1 N–H and O–H groups in total. The average Bonchev–Trinajstić information content (AvgIpc) is 2.70. The highest BCUT2D eigenvalue weighted by Crippen LogP contribution is 2.17. The molecule has 1 aromatic heterocycles. The van der Waals surface area contributed by atoms with Gasteiger partial charge in [0.15, 0.2) is 0 Å². The summed E-state index contributed by atoms with van der Waals surface area (Å²) in [5, 5.41) is 7.58. The second-order valence-electron chi connectivity index (χ2n) is 5.77. The van der Waals surface area contributed by atoms with Crippen molar-refractivity contribution in [3.05, 3.63) is 5.89 Å². The van der Waals surface area contributed by atoms with Gasteiger partial charge in [0.25, 0.3) is 5.95 Å². The first-order valence-electron chi connectivity index (χ1n) is 7.92. The number of nitrogens with one attached hydrogen (secondary N) is 1. The number of aromatic nitrogens is 2. The first-order valence-corrected chi connectivity index (χ1v) is 7.92. The number of hydrogen-bond acceptors (Lipinski definition) is 6. The molecular formula is C14H25N5O. The third kappa shape index (κ3) is 3.70. The summed E-state index contributed by atoms with van der Waals surface area (Å²) in [4.78, 5) is 9.24. The predicted molar refractivity (Wildman–Crippen MR) is 77.7 cm³/mol. The highest BCUT2D eigenvalue weighted by molar-refractivity contribution is 5.27. The van der Waals surface area contributed by atoms with Crippen molar-refractivity contribution in [2.24, 2.45) is 0 Å². The first kappa shape index (κ1) is 13.8. The van der Waals surface area contributed by atoms with Crippen LogP contribution < -0.4 is 10.2 Å². The maximum absolute atomic E-state index is 5.44. The van der Waals surface area contributed by atoms with Crippen molar-refractivity contribution in [3.8, 4) is 0 Å². The van der Waals surface area contributed by atoms with E-state index in [0.717, 1.165) is 57.7 Å². The summed E-state index contributed by atoms with van der Waals surface area (Å²) in [6, 6.07) is 0. The summed E-state index contributed by atoms with van der Waals surface area (Å²) in [7, 11) is 0. The SMILES string of the molecule is C1CCCN(c2noc(CN3CCCNCC3)n2)CC1. The van der Waals surface area contributed by atoms with E-state index in [9.17, 15) is 0 Å². The number of rotatable bonds is 3. The van der Waals surface area contributed by atoms with Gasteiger partial charge in [0.2, 0.25) is 5.89 Å². The van der Waals surface area contributed by atoms with Gasteiger partial charge >= 0.3 is 0 Å². The molecule has 0 spiro atoms. The number of anilines is 1. The van der Waals surface area contributed by atoms with Crippen LogP contribution in [0.5, 0.6) is 0 Å². The van der Waals surface area contributed by atoms with Gasteiger partial charge in [0.1, 0.15) is 0 Å². The van der Waals surface area contributed by atoms with Crippen LogP contribution in [-0.2, 0) is 6.54 Å². The van der Waals surface area contributed by atoms with E-state index in [1.807, 2.05) is 0 Å². The molecule has 112 valence electrons. The van der Waals surface area contributed by atoms with E-state index in [1.54, 1.807) is 0 Å². The molecule has 0 aliphatic carbocycles. The lowest BCUT2D eigenvalue weighted by atomic mass is 10.2. The molecule has 0 aromatic carbocycles. The molecule has 20 heavy (non-hydrogen) atoms. The molecule has 2 saturated heterocycles. The van der Waals surface area contributed by atoms with E-state index >= 15 is 0 Å². The lowest BCUT2D eigenvalue weighted by Crippen LogP contribution is -2.28. The molecule has 0 unspecified atom stereocenters. The zero-order chi connectivity index (χ0) is 13.6. The summed E-state index contributed by atoms with van der Waals surface area (Å²) in [6.45, 7) is 7.23. The van der Waals surface area contributed by atoms with E-state index in [4.69, 9.17) is 4.52 Å². The van der Waals surface area contributed by atoms with Crippen molar-refractivity contribution >= 4 is 5.95 Å². The molecule has 2 aliphatic heterocycles. The second kappa shape index (κ2) is 7.04. The van der Waals surface area contributed by atoms with Crippen molar-refractivity contribution < 1.29 is 4.52 Å². The third-order valence-corrected chi connectivity index (χ3v) is 4.14. The van der Waals surface area contributed by atoms with E-state index < -0.39 is 0 Å². The van der Waals surface area contributed by atoms with Crippen LogP contribution >= 0.6 is 0 Å². The van der Waals surface area contributed by atoms with Gasteiger partial charge in [-0.3, -0.25) is 4.90 Å². The van der Waals surface area contributed by atoms with Crippen LogP contribution in [0, 0.1) is 0 Å². The Kier molecular flexibility index (Phi) is 4.86. The minimum atomic E-state index is 0.756. The third-order valence-electron chi connectivity index (χ3n) is 4.14.